The van der Waals surface area contributed by atoms with Crippen molar-refractivity contribution in [3.8, 4) is 5.75 Å². The lowest BCUT2D eigenvalue weighted by atomic mass is 10.1. The molecule has 0 fully saturated rings. The molecular weight excluding hydrogens is 200 g/mol. The molecule has 0 heterocycles. The number of methoxy groups -OCH3 is 1. The largest absolute Gasteiger partial charge is 0.496 e. The Morgan fingerprint density at radius 1 is 1.44 bits per heavy atom. The van der Waals surface area contributed by atoms with Gasteiger partial charge in [-0.2, -0.15) is 0 Å². The summed E-state index contributed by atoms with van der Waals surface area (Å²) >= 11 is 0. The first-order chi connectivity index (χ1) is 7.58. The van der Waals surface area contributed by atoms with E-state index in [9.17, 15) is 0 Å². The Labute approximate surface area is 96.6 Å². The van der Waals surface area contributed by atoms with E-state index in [2.05, 4.69) is 4.99 Å². The number of aliphatic imine (C=N–C) groups is 1. The predicted molar refractivity (Wildman–Crippen MR) is 68.1 cm³/mol. The summed E-state index contributed by atoms with van der Waals surface area (Å²) < 4.78 is 5.21. The standard InChI is InChI=1S/C13H18N2O/c1-9-7-11(5-6-13(9)16-4)12(15-3)8-10(2)14/h5-8H,14H2,1-4H3. The molecule has 3 nitrogen and oxygen atoms in total. The van der Waals surface area contributed by atoms with Gasteiger partial charge in [0, 0.05) is 18.3 Å². The van der Waals surface area contributed by atoms with Crippen LogP contribution in [0.1, 0.15) is 18.1 Å². The fourth-order valence-electron chi connectivity index (χ4n) is 1.53. The molecule has 0 bridgehead atoms. The molecule has 86 valence electrons. The molecule has 0 amide bonds. The Balaban J connectivity index is 3.14. The molecule has 0 aromatic heterocycles. The molecule has 1 aromatic carbocycles. The average Bonchev–Trinajstić information content (AvgIpc) is 2.25. The van der Waals surface area contributed by atoms with Crippen LogP contribution in [0.3, 0.4) is 0 Å². The molecule has 0 unspecified atom stereocenters. The fourth-order valence-corrected chi connectivity index (χ4v) is 1.53. The average molecular weight is 218 g/mol. The highest BCUT2D eigenvalue weighted by molar-refractivity contribution is 6.09. The van der Waals surface area contributed by atoms with E-state index in [4.69, 9.17) is 10.5 Å². The number of hydrogen-bond donors (Lipinski definition) is 1. The maximum Gasteiger partial charge on any atom is 0.121 e. The number of nitrogens with zero attached hydrogens (tertiary/aromatic N) is 1. The van der Waals surface area contributed by atoms with Crippen molar-refractivity contribution in [2.24, 2.45) is 10.7 Å². The van der Waals surface area contributed by atoms with E-state index in [-0.39, 0.29) is 0 Å². The molecule has 1 aromatic rings. The minimum atomic E-state index is 0.745. The lowest BCUT2D eigenvalue weighted by Crippen LogP contribution is -2.02. The summed E-state index contributed by atoms with van der Waals surface area (Å²) in [4.78, 5) is 4.21. The summed E-state index contributed by atoms with van der Waals surface area (Å²) in [5.74, 6) is 0.882. The molecule has 0 atom stereocenters. The summed E-state index contributed by atoms with van der Waals surface area (Å²) in [5.41, 5.74) is 9.41. The summed E-state index contributed by atoms with van der Waals surface area (Å²) in [6.07, 6.45) is 1.86. The van der Waals surface area contributed by atoms with Crippen LogP contribution in [-0.2, 0) is 0 Å². The zero-order valence-corrected chi connectivity index (χ0v) is 10.2. The normalized spacial score (nSPS) is 12.8. The van der Waals surface area contributed by atoms with Crippen LogP contribution in [0.4, 0.5) is 0 Å². The predicted octanol–water partition coefficient (Wildman–Crippen LogP) is 2.29. The maximum absolute atomic E-state index is 5.66. The van der Waals surface area contributed by atoms with E-state index in [0.29, 0.717) is 0 Å². The van der Waals surface area contributed by atoms with Gasteiger partial charge in [-0.1, -0.05) is 0 Å². The molecule has 0 saturated heterocycles. The molecule has 0 aliphatic heterocycles. The molecule has 0 aliphatic rings. The highest BCUT2D eigenvalue weighted by atomic mass is 16.5. The second-order valence-corrected chi connectivity index (χ2v) is 3.68. The van der Waals surface area contributed by atoms with Gasteiger partial charge in [0.05, 0.1) is 12.8 Å². The summed E-state index contributed by atoms with van der Waals surface area (Å²) in [6.45, 7) is 3.86. The first-order valence-electron chi connectivity index (χ1n) is 5.14. The Kier molecular flexibility index (Phi) is 4.11. The monoisotopic (exact) mass is 218 g/mol. The molecule has 3 heteroatoms. The summed E-state index contributed by atoms with van der Waals surface area (Å²) in [7, 11) is 3.43. The van der Waals surface area contributed by atoms with Gasteiger partial charge in [0.2, 0.25) is 0 Å². The number of benzene rings is 1. The zero-order chi connectivity index (χ0) is 12.1. The Morgan fingerprint density at radius 3 is 2.56 bits per heavy atom. The first-order valence-corrected chi connectivity index (χ1v) is 5.14. The highest BCUT2D eigenvalue weighted by Crippen LogP contribution is 2.19. The molecule has 0 saturated carbocycles. The smallest absolute Gasteiger partial charge is 0.121 e. The van der Waals surface area contributed by atoms with Crippen LogP contribution in [0.2, 0.25) is 0 Å². The van der Waals surface area contributed by atoms with Crippen molar-refractivity contribution in [1.82, 2.24) is 0 Å². The summed E-state index contributed by atoms with van der Waals surface area (Å²) in [5, 5.41) is 0. The van der Waals surface area contributed by atoms with Crippen molar-refractivity contribution in [2.75, 3.05) is 14.2 Å². The quantitative estimate of drug-likeness (QED) is 0.791. The van der Waals surface area contributed by atoms with Crippen molar-refractivity contribution in [3.05, 3.63) is 41.1 Å². The third-order valence-corrected chi connectivity index (χ3v) is 2.30. The number of allylic oxidation sites excluding steroid dienone is 2. The second-order valence-electron chi connectivity index (χ2n) is 3.68. The number of nitrogens with two attached hydrogens (primary N) is 1. The van der Waals surface area contributed by atoms with Crippen molar-refractivity contribution in [3.63, 3.8) is 0 Å². The minimum Gasteiger partial charge on any atom is -0.496 e. The van der Waals surface area contributed by atoms with Crippen LogP contribution in [0.25, 0.3) is 0 Å². The van der Waals surface area contributed by atoms with Gasteiger partial charge < -0.3 is 10.5 Å². The lowest BCUT2D eigenvalue weighted by molar-refractivity contribution is 0.411. The SMILES string of the molecule is CN=C(C=C(C)N)c1ccc(OC)c(C)c1. The van der Waals surface area contributed by atoms with Crippen LogP contribution >= 0.6 is 0 Å². The first kappa shape index (κ1) is 12.3. The van der Waals surface area contributed by atoms with E-state index in [0.717, 1.165) is 28.3 Å². The van der Waals surface area contributed by atoms with E-state index in [1.807, 2.05) is 38.1 Å². The lowest BCUT2D eigenvalue weighted by Gasteiger charge is -2.07. The molecule has 2 N–H and O–H groups in total. The maximum atomic E-state index is 5.66. The fraction of sp³-hybridized carbons (Fsp3) is 0.308. The molecule has 0 spiro atoms. The zero-order valence-electron chi connectivity index (χ0n) is 10.2. The van der Waals surface area contributed by atoms with Gasteiger partial charge in [-0.05, 0) is 43.7 Å². The number of ether oxygens (including phenoxy) is 1. The molecule has 0 aliphatic carbocycles. The van der Waals surface area contributed by atoms with Crippen LogP contribution in [0.5, 0.6) is 5.75 Å². The van der Waals surface area contributed by atoms with Gasteiger partial charge in [-0.25, -0.2) is 0 Å². The molecule has 0 radical (unpaired) electrons. The van der Waals surface area contributed by atoms with Crippen molar-refractivity contribution < 1.29 is 4.74 Å². The minimum absolute atomic E-state index is 0.745. The van der Waals surface area contributed by atoms with Crippen LogP contribution in [-0.4, -0.2) is 19.9 Å². The Bertz CT molecular complexity index is 430. The van der Waals surface area contributed by atoms with Crippen LogP contribution in [0.15, 0.2) is 35.0 Å². The highest BCUT2D eigenvalue weighted by Gasteiger charge is 2.03. The third kappa shape index (κ3) is 2.86. The van der Waals surface area contributed by atoms with Gasteiger partial charge in [0.1, 0.15) is 5.75 Å². The number of hydrogen-bond acceptors (Lipinski definition) is 3. The van der Waals surface area contributed by atoms with Gasteiger partial charge in [0.25, 0.3) is 0 Å². The van der Waals surface area contributed by atoms with Gasteiger partial charge in [0.15, 0.2) is 0 Å². The third-order valence-electron chi connectivity index (χ3n) is 2.30. The Morgan fingerprint density at radius 2 is 2.12 bits per heavy atom. The topological polar surface area (TPSA) is 47.6 Å². The molecule has 1 rings (SSSR count). The van der Waals surface area contributed by atoms with Gasteiger partial charge >= 0.3 is 0 Å². The summed E-state index contributed by atoms with van der Waals surface area (Å²) in [6, 6.07) is 5.96. The van der Waals surface area contributed by atoms with E-state index >= 15 is 0 Å². The van der Waals surface area contributed by atoms with Gasteiger partial charge in [-0.15, -0.1) is 0 Å². The number of aryl methyl sites for hydroxylation is 1. The van der Waals surface area contributed by atoms with Crippen molar-refractivity contribution in [1.29, 1.82) is 0 Å². The van der Waals surface area contributed by atoms with Crippen LogP contribution < -0.4 is 10.5 Å². The van der Waals surface area contributed by atoms with Gasteiger partial charge in [-0.3, -0.25) is 4.99 Å². The van der Waals surface area contributed by atoms with Crippen LogP contribution in [0, 0.1) is 6.92 Å². The number of rotatable bonds is 3. The van der Waals surface area contributed by atoms with E-state index in [1.54, 1.807) is 14.2 Å². The second kappa shape index (κ2) is 5.35. The molecule has 16 heavy (non-hydrogen) atoms. The van der Waals surface area contributed by atoms with E-state index < -0.39 is 0 Å². The van der Waals surface area contributed by atoms with Crippen molar-refractivity contribution >= 4 is 5.71 Å². The Hall–Kier alpha value is -1.77. The van der Waals surface area contributed by atoms with E-state index in [1.165, 1.54) is 0 Å². The van der Waals surface area contributed by atoms with Crippen molar-refractivity contribution in [2.45, 2.75) is 13.8 Å². The molecular formula is C13H18N2O.